The highest BCUT2D eigenvalue weighted by molar-refractivity contribution is 7.26. The van der Waals surface area contributed by atoms with Crippen molar-refractivity contribution < 1.29 is 0 Å². The van der Waals surface area contributed by atoms with Crippen molar-refractivity contribution in [1.29, 1.82) is 0 Å². The summed E-state index contributed by atoms with van der Waals surface area (Å²) in [6, 6.07) is 64.0. The van der Waals surface area contributed by atoms with Crippen LogP contribution in [0.5, 0.6) is 0 Å². The second-order valence-corrected chi connectivity index (χ2v) is 12.8. The first kappa shape index (κ1) is 26.7. The average molecular weight is 604 g/mol. The monoisotopic (exact) mass is 603 g/mol. The van der Waals surface area contributed by atoms with E-state index in [1.54, 1.807) is 0 Å². The van der Waals surface area contributed by atoms with E-state index in [1.165, 1.54) is 64.0 Å². The molecule has 9 rings (SSSR count). The summed E-state index contributed by atoms with van der Waals surface area (Å²) in [5, 5.41) is 7.68. The lowest BCUT2D eigenvalue weighted by Gasteiger charge is -2.28. The number of para-hydroxylation sites is 1. The molecule has 0 bridgehead atoms. The van der Waals surface area contributed by atoms with Gasteiger partial charge in [-0.05, 0) is 80.7 Å². The molecule has 0 radical (unpaired) electrons. The maximum atomic E-state index is 2.43. The fourth-order valence-corrected chi connectivity index (χ4v) is 8.01. The molecule has 0 N–H and O–H groups in total. The van der Waals surface area contributed by atoms with Crippen molar-refractivity contribution in [2.45, 2.75) is 0 Å². The summed E-state index contributed by atoms with van der Waals surface area (Å²) in [4.78, 5) is 2.43. The molecule has 0 aliphatic heterocycles. The molecule has 8 aromatic carbocycles. The van der Waals surface area contributed by atoms with Gasteiger partial charge < -0.3 is 4.90 Å². The van der Waals surface area contributed by atoms with Crippen LogP contribution >= 0.6 is 11.3 Å². The number of nitrogens with zero attached hydrogens (tertiary/aromatic N) is 1. The Kier molecular flexibility index (Phi) is 6.40. The van der Waals surface area contributed by atoms with Crippen LogP contribution in [0.15, 0.2) is 176 Å². The molecule has 1 heterocycles. The van der Waals surface area contributed by atoms with Gasteiger partial charge in [0.15, 0.2) is 0 Å². The lowest BCUT2D eigenvalue weighted by Crippen LogP contribution is -2.11. The minimum Gasteiger partial charge on any atom is -0.310 e. The zero-order valence-corrected chi connectivity index (χ0v) is 25.9. The Bertz CT molecular complexity index is 2520. The Labute approximate surface area is 272 Å². The Morgan fingerprint density at radius 2 is 1.00 bits per heavy atom. The van der Waals surface area contributed by atoms with Crippen molar-refractivity contribution in [3.63, 3.8) is 0 Å². The second kappa shape index (κ2) is 11.0. The summed E-state index contributed by atoms with van der Waals surface area (Å²) in [7, 11) is 0. The highest BCUT2D eigenvalue weighted by Gasteiger charge is 2.19. The van der Waals surface area contributed by atoms with Crippen molar-refractivity contribution >= 4 is 70.1 Å². The molecule has 0 atom stereocenters. The van der Waals surface area contributed by atoms with E-state index in [4.69, 9.17) is 0 Å². The number of anilines is 3. The predicted molar refractivity (Wildman–Crippen MR) is 200 cm³/mol. The van der Waals surface area contributed by atoms with Gasteiger partial charge in [-0.15, -0.1) is 11.3 Å². The third-order valence-electron chi connectivity index (χ3n) is 9.06. The van der Waals surface area contributed by atoms with E-state index in [1.807, 2.05) is 11.3 Å². The molecule has 0 aliphatic rings. The summed E-state index contributed by atoms with van der Waals surface area (Å²) in [6.45, 7) is 0. The average Bonchev–Trinajstić information content (AvgIpc) is 3.52. The largest absolute Gasteiger partial charge is 0.310 e. The highest BCUT2D eigenvalue weighted by atomic mass is 32.1. The van der Waals surface area contributed by atoms with E-state index >= 15 is 0 Å². The van der Waals surface area contributed by atoms with Crippen LogP contribution in [0.4, 0.5) is 17.1 Å². The predicted octanol–water partition coefficient (Wildman–Crippen LogP) is 13.2. The van der Waals surface area contributed by atoms with Gasteiger partial charge in [-0.2, -0.15) is 0 Å². The van der Waals surface area contributed by atoms with E-state index < -0.39 is 0 Å². The third-order valence-corrected chi connectivity index (χ3v) is 10.2. The number of hydrogen-bond acceptors (Lipinski definition) is 2. The summed E-state index contributed by atoms with van der Waals surface area (Å²) in [5.74, 6) is 0. The molecule has 0 fully saturated rings. The molecule has 1 nitrogen and oxygen atoms in total. The zero-order chi connectivity index (χ0) is 30.5. The molecule has 0 aliphatic carbocycles. The van der Waals surface area contributed by atoms with Crippen LogP contribution in [0.2, 0.25) is 0 Å². The van der Waals surface area contributed by atoms with Crippen molar-refractivity contribution in [2.24, 2.45) is 0 Å². The molecule has 216 valence electrons. The van der Waals surface area contributed by atoms with Gasteiger partial charge >= 0.3 is 0 Å². The fourth-order valence-electron chi connectivity index (χ4n) is 6.89. The Balaban J connectivity index is 1.30. The van der Waals surface area contributed by atoms with E-state index in [0.717, 1.165) is 17.1 Å². The molecule has 46 heavy (non-hydrogen) atoms. The maximum absolute atomic E-state index is 2.43. The number of hydrogen-bond donors (Lipinski definition) is 0. The van der Waals surface area contributed by atoms with Crippen LogP contribution in [0, 0.1) is 0 Å². The lowest BCUT2D eigenvalue weighted by atomic mass is 9.95. The first-order chi connectivity index (χ1) is 22.8. The Hall–Kier alpha value is -5.70. The molecule has 0 amide bonds. The summed E-state index contributed by atoms with van der Waals surface area (Å²) in [5.41, 5.74) is 8.25. The van der Waals surface area contributed by atoms with E-state index in [-0.39, 0.29) is 0 Å². The normalized spacial score (nSPS) is 11.5. The van der Waals surface area contributed by atoms with Crippen LogP contribution in [0.25, 0.3) is 64.0 Å². The Morgan fingerprint density at radius 1 is 0.370 bits per heavy atom. The third kappa shape index (κ3) is 4.46. The molecule has 0 unspecified atom stereocenters. The van der Waals surface area contributed by atoms with E-state index in [0.29, 0.717) is 0 Å². The number of benzene rings is 8. The molecule has 1 aromatic heterocycles. The number of thiophene rings is 1. The minimum absolute atomic E-state index is 1.12. The molecule has 0 saturated carbocycles. The van der Waals surface area contributed by atoms with Gasteiger partial charge in [0, 0.05) is 37.1 Å². The molecule has 0 spiro atoms. The van der Waals surface area contributed by atoms with Crippen molar-refractivity contribution in [3.05, 3.63) is 176 Å². The van der Waals surface area contributed by atoms with Gasteiger partial charge in [-0.1, -0.05) is 133 Å². The van der Waals surface area contributed by atoms with Crippen LogP contribution in [-0.2, 0) is 0 Å². The smallest absolute Gasteiger partial charge is 0.0540 e. The molecular formula is C44H29NS. The van der Waals surface area contributed by atoms with Crippen LogP contribution < -0.4 is 4.90 Å². The van der Waals surface area contributed by atoms with Gasteiger partial charge in [-0.25, -0.2) is 0 Å². The van der Waals surface area contributed by atoms with E-state index in [2.05, 4.69) is 181 Å². The van der Waals surface area contributed by atoms with Gasteiger partial charge in [0.2, 0.25) is 0 Å². The molecular weight excluding hydrogens is 575 g/mol. The maximum Gasteiger partial charge on any atom is 0.0540 e. The van der Waals surface area contributed by atoms with Crippen LogP contribution in [0.3, 0.4) is 0 Å². The molecule has 9 aromatic rings. The van der Waals surface area contributed by atoms with Gasteiger partial charge in [-0.3, -0.25) is 0 Å². The lowest BCUT2D eigenvalue weighted by molar-refractivity contribution is 1.29. The first-order valence-electron chi connectivity index (χ1n) is 15.7. The van der Waals surface area contributed by atoms with Crippen molar-refractivity contribution in [3.8, 4) is 22.3 Å². The Morgan fingerprint density at radius 3 is 1.89 bits per heavy atom. The summed E-state index contributed by atoms with van der Waals surface area (Å²) < 4.78 is 2.64. The number of fused-ring (bicyclic) bond motifs is 6. The minimum atomic E-state index is 1.12. The standard InChI is InChI=1S/C44H29NS/c1-2-11-30(12-3-1)31-21-25-34(26-22-31)45(41-19-8-6-16-38(41)37-18-10-14-32-13-4-5-15-36(32)37)35-27-23-33-24-28-43-44(40(33)29-35)39-17-7-9-20-42(39)46-43/h1-29H. The topological polar surface area (TPSA) is 3.24 Å². The summed E-state index contributed by atoms with van der Waals surface area (Å²) in [6.07, 6.45) is 0. The van der Waals surface area contributed by atoms with Crippen LogP contribution in [-0.4, -0.2) is 0 Å². The van der Waals surface area contributed by atoms with Gasteiger partial charge in [0.1, 0.15) is 0 Å². The fraction of sp³-hybridized carbons (Fsp3) is 0. The quantitative estimate of drug-likeness (QED) is 0.189. The van der Waals surface area contributed by atoms with E-state index in [9.17, 15) is 0 Å². The van der Waals surface area contributed by atoms with Gasteiger partial charge in [0.05, 0.1) is 5.69 Å². The SMILES string of the molecule is c1ccc(-c2ccc(N(c3ccc4ccc5sc6ccccc6c5c4c3)c3ccccc3-c3cccc4ccccc34)cc2)cc1. The second-order valence-electron chi connectivity index (χ2n) is 11.7. The van der Waals surface area contributed by atoms with Crippen molar-refractivity contribution in [1.82, 2.24) is 0 Å². The number of rotatable bonds is 5. The zero-order valence-electron chi connectivity index (χ0n) is 25.1. The molecule has 0 saturated heterocycles. The highest BCUT2D eigenvalue weighted by Crippen LogP contribution is 2.45. The first-order valence-corrected chi connectivity index (χ1v) is 16.5. The van der Waals surface area contributed by atoms with Crippen LogP contribution in [0.1, 0.15) is 0 Å². The van der Waals surface area contributed by atoms with Crippen molar-refractivity contribution in [2.75, 3.05) is 4.90 Å². The summed E-state index contributed by atoms with van der Waals surface area (Å²) >= 11 is 1.87. The van der Waals surface area contributed by atoms with Gasteiger partial charge in [0.25, 0.3) is 0 Å². The molecule has 2 heteroatoms.